The van der Waals surface area contributed by atoms with Crippen LogP contribution in [0, 0.1) is 0 Å². The van der Waals surface area contributed by atoms with E-state index in [1.54, 1.807) is 6.07 Å². The molecule has 0 bridgehead atoms. The second-order valence-corrected chi connectivity index (χ2v) is 5.02. The van der Waals surface area contributed by atoms with E-state index in [-0.39, 0.29) is 5.91 Å². The van der Waals surface area contributed by atoms with Crippen LogP contribution in [0.5, 0.6) is 5.75 Å². The summed E-state index contributed by atoms with van der Waals surface area (Å²) in [4.78, 5) is 12.2. The van der Waals surface area contributed by atoms with E-state index in [1.165, 1.54) is 19.3 Å². The molecule has 3 nitrogen and oxygen atoms in total. The third-order valence-corrected chi connectivity index (χ3v) is 3.51. The molecule has 2 rings (SSSR count). The van der Waals surface area contributed by atoms with Crippen molar-refractivity contribution in [3.63, 3.8) is 0 Å². The molecule has 0 unspecified atom stereocenters. The number of alkyl halides is 1. The van der Waals surface area contributed by atoms with E-state index in [0.29, 0.717) is 22.9 Å². The lowest BCUT2D eigenvalue weighted by Crippen LogP contribution is -2.36. The van der Waals surface area contributed by atoms with Crippen LogP contribution < -0.4 is 10.1 Å². The summed E-state index contributed by atoms with van der Waals surface area (Å²) in [5.74, 6) is 0.598. The number of hydrogen-bond acceptors (Lipinski definition) is 2. The number of para-hydroxylation sites is 1. The largest absolute Gasteiger partial charge is 0.482 e. The number of nitrogens with one attached hydrogen (secondary N) is 1. The highest BCUT2D eigenvalue weighted by atomic mass is 79.9. The second-order valence-electron chi connectivity index (χ2n) is 4.56. The zero-order chi connectivity index (χ0) is 12.8. The standard InChI is InChI=1S/C14H18BrNO2/c15-10-18-13-9-5-4-8-12(13)14(17)16-11-6-2-1-3-7-11/h4-5,8-9,11H,1-3,6-7,10H2,(H,16,17). The fourth-order valence-electron chi connectivity index (χ4n) is 2.35. The topological polar surface area (TPSA) is 38.3 Å². The molecule has 0 saturated heterocycles. The molecule has 18 heavy (non-hydrogen) atoms. The minimum absolute atomic E-state index is 0.0292. The lowest BCUT2D eigenvalue weighted by atomic mass is 9.95. The van der Waals surface area contributed by atoms with E-state index in [2.05, 4.69) is 21.2 Å². The summed E-state index contributed by atoms with van der Waals surface area (Å²) in [6.07, 6.45) is 5.89. The van der Waals surface area contributed by atoms with E-state index in [4.69, 9.17) is 4.74 Å². The maximum Gasteiger partial charge on any atom is 0.255 e. The van der Waals surface area contributed by atoms with Crippen LogP contribution in [0.3, 0.4) is 0 Å². The van der Waals surface area contributed by atoms with Gasteiger partial charge in [0.2, 0.25) is 0 Å². The van der Waals surface area contributed by atoms with Gasteiger partial charge in [0.1, 0.15) is 11.3 Å². The second kappa shape index (κ2) is 6.78. The van der Waals surface area contributed by atoms with Crippen LogP contribution in [0.4, 0.5) is 0 Å². The Morgan fingerprint density at radius 1 is 1.28 bits per heavy atom. The molecule has 1 aromatic carbocycles. The Morgan fingerprint density at radius 3 is 2.72 bits per heavy atom. The van der Waals surface area contributed by atoms with Crippen LogP contribution in [-0.2, 0) is 0 Å². The number of amides is 1. The van der Waals surface area contributed by atoms with Crippen LogP contribution in [-0.4, -0.2) is 17.5 Å². The van der Waals surface area contributed by atoms with Crippen molar-refractivity contribution in [2.24, 2.45) is 0 Å². The van der Waals surface area contributed by atoms with Gasteiger partial charge in [0.15, 0.2) is 0 Å². The number of ether oxygens (including phenoxy) is 1. The predicted molar refractivity (Wildman–Crippen MR) is 75.2 cm³/mol. The Labute approximate surface area is 116 Å². The Hall–Kier alpha value is -1.03. The minimum Gasteiger partial charge on any atom is -0.482 e. The molecule has 1 saturated carbocycles. The highest BCUT2D eigenvalue weighted by molar-refractivity contribution is 9.09. The first-order valence-corrected chi connectivity index (χ1v) is 7.52. The summed E-state index contributed by atoms with van der Waals surface area (Å²) in [6.45, 7) is 0. The smallest absolute Gasteiger partial charge is 0.255 e. The van der Waals surface area contributed by atoms with Gasteiger partial charge in [-0.1, -0.05) is 31.4 Å². The van der Waals surface area contributed by atoms with Crippen LogP contribution in [0.1, 0.15) is 42.5 Å². The van der Waals surface area contributed by atoms with Crippen molar-refractivity contribution < 1.29 is 9.53 Å². The molecule has 4 heteroatoms. The number of hydrogen-bond donors (Lipinski definition) is 1. The lowest BCUT2D eigenvalue weighted by molar-refractivity contribution is 0.0924. The average molecular weight is 312 g/mol. The van der Waals surface area contributed by atoms with Crippen molar-refractivity contribution in [3.05, 3.63) is 29.8 Å². The van der Waals surface area contributed by atoms with Crippen molar-refractivity contribution >= 4 is 21.8 Å². The molecular weight excluding hydrogens is 294 g/mol. The number of benzene rings is 1. The quantitative estimate of drug-likeness (QED) is 0.865. The van der Waals surface area contributed by atoms with Gasteiger partial charge in [-0.3, -0.25) is 4.79 Å². The van der Waals surface area contributed by atoms with E-state index < -0.39 is 0 Å². The summed E-state index contributed by atoms with van der Waals surface area (Å²) in [5.41, 5.74) is 1.00. The van der Waals surface area contributed by atoms with Crippen molar-refractivity contribution in [2.75, 3.05) is 5.52 Å². The fraction of sp³-hybridized carbons (Fsp3) is 0.500. The van der Waals surface area contributed by atoms with Crippen molar-refractivity contribution in [3.8, 4) is 5.75 Å². The van der Waals surface area contributed by atoms with Gasteiger partial charge in [0, 0.05) is 6.04 Å². The van der Waals surface area contributed by atoms with Gasteiger partial charge in [-0.05, 0) is 40.9 Å². The first-order valence-electron chi connectivity index (χ1n) is 6.40. The molecule has 1 fully saturated rings. The average Bonchev–Trinajstić information content (AvgIpc) is 2.41. The van der Waals surface area contributed by atoms with Gasteiger partial charge in [-0.15, -0.1) is 0 Å². The summed E-state index contributed by atoms with van der Waals surface area (Å²) in [6, 6.07) is 7.67. The lowest BCUT2D eigenvalue weighted by Gasteiger charge is -2.23. The minimum atomic E-state index is -0.0292. The fourth-order valence-corrected chi connectivity index (χ4v) is 2.60. The summed E-state index contributed by atoms with van der Waals surface area (Å²) in [7, 11) is 0. The molecule has 0 radical (unpaired) electrons. The molecule has 98 valence electrons. The molecule has 0 heterocycles. The SMILES string of the molecule is O=C(NC1CCCCC1)c1ccccc1OCBr. The molecule has 0 aliphatic heterocycles. The number of rotatable bonds is 4. The van der Waals surface area contributed by atoms with Crippen molar-refractivity contribution in [2.45, 2.75) is 38.1 Å². The Balaban J connectivity index is 2.03. The Kier molecular flexibility index (Phi) is 5.05. The maximum absolute atomic E-state index is 12.2. The summed E-state index contributed by atoms with van der Waals surface area (Å²) in [5, 5.41) is 3.10. The van der Waals surface area contributed by atoms with Gasteiger partial charge in [-0.25, -0.2) is 0 Å². The van der Waals surface area contributed by atoms with Gasteiger partial charge < -0.3 is 10.1 Å². The third-order valence-electron chi connectivity index (χ3n) is 3.28. The van der Waals surface area contributed by atoms with Crippen molar-refractivity contribution in [1.82, 2.24) is 5.32 Å². The zero-order valence-corrected chi connectivity index (χ0v) is 11.9. The van der Waals surface area contributed by atoms with E-state index in [1.807, 2.05) is 18.2 Å². The van der Waals surface area contributed by atoms with E-state index in [0.717, 1.165) is 12.8 Å². The molecular formula is C14H18BrNO2. The highest BCUT2D eigenvalue weighted by Crippen LogP contribution is 2.21. The predicted octanol–water partition coefficient (Wildman–Crippen LogP) is 3.48. The van der Waals surface area contributed by atoms with Gasteiger partial charge in [-0.2, -0.15) is 0 Å². The van der Waals surface area contributed by atoms with Crippen LogP contribution in [0.2, 0.25) is 0 Å². The third kappa shape index (κ3) is 3.48. The van der Waals surface area contributed by atoms with Gasteiger partial charge in [0.25, 0.3) is 5.91 Å². The number of carbonyl (C=O) groups is 1. The molecule has 1 N–H and O–H groups in total. The summed E-state index contributed by atoms with van der Waals surface area (Å²) >= 11 is 3.21. The van der Waals surface area contributed by atoms with Crippen LogP contribution >= 0.6 is 15.9 Å². The first-order chi connectivity index (χ1) is 8.81. The van der Waals surface area contributed by atoms with Crippen LogP contribution in [0.25, 0.3) is 0 Å². The first kappa shape index (κ1) is 13.4. The monoisotopic (exact) mass is 311 g/mol. The van der Waals surface area contributed by atoms with Gasteiger partial charge in [0.05, 0.1) is 5.56 Å². The molecule has 1 aliphatic rings. The molecule has 1 amide bonds. The van der Waals surface area contributed by atoms with Crippen LogP contribution in [0.15, 0.2) is 24.3 Å². The number of halogens is 1. The molecule has 1 aliphatic carbocycles. The van der Waals surface area contributed by atoms with Crippen molar-refractivity contribution in [1.29, 1.82) is 0 Å². The normalized spacial score (nSPS) is 16.3. The van der Waals surface area contributed by atoms with Gasteiger partial charge >= 0.3 is 0 Å². The van der Waals surface area contributed by atoms with E-state index >= 15 is 0 Å². The summed E-state index contributed by atoms with van der Waals surface area (Å²) < 4.78 is 5.40. The Bertz CT molecular complexity index is 403. The number of carbonyl (C=O) groups excluding carboxylic acids is 1. The Morgan fingerprint density at radius 2 is 2.00 bits per heavy atom. The van der Waals surface area contributed by atoms with E-state index in [9.17, 15) is 4.79 Å². The molecule has 0 atom stereocenters. The molecule has 0 aromatic heterocycles. The zero-order valence-electron chi connectivity index (χ0n) is 10.3. The molecule has 1 aromatic rings. The highest BCUT2D eigenvalue weighted by Gasteiger charge is 2.18. The maximum atomic E-state index is 12.2. The molecule has 0 spiro atoms.